The van der Waals surface area contributed by atoms with E-state index in [1.807, 2.05) is 54.6 Å². The van der Waals surface area contributed by atoms with Crippen molar-refractivity contribution in [3.8, 4) is 11.1 Å². The number of nitrogens with zero attached hydrogens (tertiary/aromatic N) is 1. The Kier molecular flexibility index (Phi) is 10.9. The SMILES string of the molecule is C[C@@H]1[C@H](CN2CCC3(CC2)OCCO3)O[C@H](c2cccc(-c3cccc(CNC(=O)c4c(F)c(F)c(F)c(F)c4F)c3)c2)O[C@@H]1c1ccc(CO)cc1. The molecule has 0 aliphatic carbocycles. The molecule has 53 heavy (non-hydrogen) atoms. The van der Waals surface area contributed by atoms with Gasteiger partial charge >= 0.3 is 0 Å². The van der Waals surface area contributed by atoms with Crippen molar-refractivity contribution >= 4 is 5.91 Å². The summed E-state index contributed by atoms with van der Waals surface area (Å²) in [5, 5.41) is 11.9. The number of hydrogen-bond acceptors (Lipinski definition) is 7. The topological polar surface area (TPSA) is 89.5 Å². The van der Waals surface area contributed by atoms with Crippen LogP contribution >= 0.6 is 0 Å². The molecule has 0 aromatic heterocycles. The van der Waals surface area contributed by atoms with Crippen LogP contribution in [-0.2, 0) is 32.1 Å². The Morgan fingerprint density at radius 1 is 0.792 bits per heavy atom. The number of aliphatic hydroxyl groups is 1. The summed E-state index contributed by atoms with van der Waals surface area (Å²) >= 11 is 0. The van der Waals surface area contributed by atoms with Crippen LogP contribution in [0.3, 0.4) is 0 Å². The number of hydrogen-bond donors (Lipinski definition) is 2. The maximum atomic E-state index is 14.2. The van der Waals surface area contributed by atoms with Gasteiger partial charge in [0.1, 0.15) is 5.56 Å². The summed E-state index contributed by atoms with van der Waals surface area (Å²) < 4.78 is 94.5. The van der Waals surface area contributed by atoms with E-state index >= 15 is 0 Å². The number of likely N-dealkylation sites (tertiary alicyclic amines) is 1. The molecular formula is C40H39F5N2O6. The van der Waals surface area contributed by atoms with E-state index in [1.165, 1.54) is 0 Å². The fraction of sp³-hybridized carbons (Fsp3) is 0.375. The van der Waals surface area contributed by atoms with Crippen LogP contribution in [0.5, 0.6) is 0 Å². The molecule has 0 bridgehead atoms. The van der Waals surface area contributed by atoms with Gasteiger partial charge in [0.05, 0.1) is 32.0 Å². The molecule has 4 atom stereocenters. The van der Waals surface area contributed by atoms with Crippen molar-refractivity contribution in [1.29, 1.82) is 0 Å². The van der Waals surface area contributed by atoms with Crippen molar-refractivity contribution < 1.29 is 50.8 Å². The summed E-state index contributed by atoms with van der Waals surface area (Å²) in [7, 11) is 0. The molecule has 4 aromatic rings. The first-order valence-corrected chi connectivity index (χ1v) is 17.6. The zero-order chi connectivity index (χ0) is 37.3. The molecule has 3 aliphatic heterocycles. The number of halogens is 5. The van der Waals surface area contributed by atoms with Crippen LogP contribution in [0, 0.1) is 35.0 Å². The Morgan fingerprint density at radius 3 is 2.08 bits per heavy atom. The van der Waals surface area contributed by atoms with Gasteiger partial charge in [-0.15, -0.1) is 0 Å². The molecule has 0 unspecified atom stereocenters. The lowest BCUT2D eigenvalue weighted by atomic mass is 9.89. The lowest BCUT2D eigenvalue weighted by molar-refractivity contribution is -0.278. The molecule has 13 heteroatoms. The molecule has 4 aromatic carbocycles. The summed E-state index contributed by atoms with van der Waals surface area (Å²) in [6.07, 6.45) is 0.339. The fourth-order valence-electron chi connectivity index (χ4n) is 7.25. The number of ether oxygens (including phenoxy) is 4. The van der Waals surface area contributed by atoms with Crippen LogP contribution < -0.4 is 5.32 Å². The first kappa shape index (κ1) is 37.1. The summed E-state index contributed by atoms with van der Waals surface area (Å²) in [6.45, 7) is 5.33. The lowest BCUT2D eigenvalue weighted by Crippen LogP contribution is -2.50. The summed E-state index contributed by atoms with van der Waals surface area (Å²) in [4.78, 5) is 14.9. The zero-order valence-electron chi connectivity index (χ0n) is 28.9. The van der Waals surface area contributed by atoms with E-state index in [9.17, 15) is 31.9 Å². The van der Waals surface area contributed by atoms with Crippen molar-refractivity contribution in [2.75, 3.05) is 32.8 Å². The minimum absolute atomic E-state index is 0.0130. The van der Waals surface area contributed by atoms with Gasteiger partial charge in [-0.05, 0) is 39.9 Å². The third-order valence-corrected chi connectivity index (χ3v) is 10.3. The van der Waals surface area contributed by atoms with E-state index in [1.54, 1.807) is 18.2 Å². The molecule has 1 amide bonds. The maximum absolute atomic E-state index is 14.2. The lowest BCUT2D eigenvalue weighted by Gasteiger charge is -2.44. The first-order valence-electron chi connectivity index (χ1n) is 17.6. The largest absolute Gasteiger partial charge is 0.392 e. The van der Waals surface area contributed by atoms with Crippen LogP contribution in [0.25, 0.3) is 11.1 Å². The quantitative estimate of drug-likeness (QED) is 0.108. The molecule has 3 aliphatic rings. The van der Waals surface area contributed by atoms with E-state index in [0.29, 0.717) is 25.3 Å². The standard InChI is InChI=1S/C40H39F5N2O6/c1-23-30(21-47-14-12-40(13-15-47)50-16-17-51-40)52-39(53-37(23)26-10-8-24(22-48)9-11-26)29-7-3-6-28(19-29)27-5-2-4-25(18-27)20-46-38(49)31-32(41)34(43)36(45)35(44)33(31)42/h2-11,18-19,23,30,37,39,48H,12-17,20-22H2,1H3,(H,46,49)/t23-,30+,37+,39+/m1/s1. The second-order valence-corrected chi connectivity index (χ2v) is 13.7. The molecule has 3 heterocycles. The van der Waals surface area contributed by atoms with Crippen molar-refractivity contribution in [3.05, 3.63) is 130 Å². The molecular weight excluding hydrogens is 699 g/mol. The Bertz CT molecular complexity index is 1920. The van der Waals surface area contributed by atoms with Gasteiger partial charge in [0.2, 0.25) is 5.82 Å². The monoisotopic (exact) mass is 738 g/mol. The van der Waals surface area contributed by atoms with Crippen molar-refractivity contribution in [3.63, 3.8) is 0 Å². The van der Waals surface area contributed by atoms with Crippen LogP contribution in [0.1, 0.15) is 64.8 Å². The Hall–Kier alpha value is -4.24. The Balaban J connectivity index is 1.09. The van der Waals surface area contributed by atoms with Gasteiger partial charge in [0.25, 0.3) is 5.91 Å². The molecule has 0 saturated carbocycles. The summed E-state index contributed by atoms with van der Waals surface area (Å²) in [5.74, 6) is -13.1. The minimum atomic E-state index is -2.34. The van der Waals surface area contributed by atoms with Gasteiger partial charge in [0, 0.05) is 50.5 Å². The number of piperidine rings is 1. The second-order valence-electron chi connectivity index (χ2n) is 13.7. The number of carbonyl (C=O) groups is 1. The molecule has 3 fully saturated rings. The predicted molar refractivity (Wildman–Crippen MR) is 183 cm³/mol. The number of aliphatic hydroxyl groups excluding tert-OH is 1. The van der Waals surface area contributed by atoms with Crippen LogP contribution in [0.15, 0.2) is 72.8 Å². The number of nitrogens with one attached hydrogen (secondary N) is 1. The molecule has 3 saturated heterocycles. The summed E-state index contributed by atoms with van der Waals surface area (Å²) in [6, 6.07) is 22.3. The zero-order valence-corrected chi connectivity index (χ0v) is 28.9. The average Bonchev–Trinajstić information content (AvgIpc) is 3.65. The highest BCUT2D eigenvalue weighted by Crippen LogP contribution is 2.43. The average molecular weight is 739 g/mol. The van der Waals surface area contributed by atoms with Gasteiger partial charge in [-0.1, -0.05) is 67.6 Å². The highest BCUT2D eigenvalue weighted by atomic mass is 19.2. The number of carbonyl (C=O) groups excluding carboxylic acids is 1. The van der Waals surface area contributed by atoms with E-state index < -0.39 is 52.6 Å². The minimum Gasteiger partial charge on any atom is -0.392 e. The smallest absolute Gasteiger partial charge is 0.257 e. The Labute approximate surface area is 303 Å². The highest BCUT2D eigenvalue weighted by molar-refractivity contribution is 5.94. The Morgan fingerprint density at radius 2 is 1.42 bits per heavy atom. The normalized spacial score (nSPS) is 23.0. The second kappa shape index (κ2) is 15.6. The molecule has 1 spiro atoms. The van der Waals surface area contributed by atoms with Gasteiger partial charge in [-0.25, -0.2) is 22.0 Å². The van der Waals surface area contributed by atoms with E-state index in [0.717, 1.165) is 53.7 Å². The number of benzene rings is 4. The van der Waals surface area contributed by atoms with Crippen molar-refractivity contribution in [2.45, 2.75) is 57.2 Å². The molecule has 280 valence electrons. The highest BCUT2D eigenvalue weighted by Gasteiger charge is 2.43. The van der Waals surface area contributed by atoms with E-state index in [2.05, 4.69) is 17.1 Å². The van der Waals surface area contributed by atoms with Crippen LogP contribution in [0.4, 0.5) is 22.0 Å². The number of amides is 1. The fourth-order valence-corrected chi connectivity index (χ4v) is 7.25. The summed E-state index contributed by atoms with van der Waals surface area (Å²) in [5.41, 5.74) is 3.04. The molecule has 8 nitrogen and oxygen atoms in total. The van der Waals surface area contributed by atoms with Gasteiger partial charge in [-0.3, -0.25) is 4.79 Å². The first-order chi connectivity index (χ1) is 25.6. The van der Waals surface area contributed by atoms with Gasteiger partial charge < -0.3 is 34.3 Å². The van der Waals surface area contributed by atoms with Crippen LogP contribution in [0.2, 0.25) is 0 Å². The van der Waals surface area contributed by atoms with Crippen LogP contribution in [-0.4, -0.2) is 60.7 Å². The maximum Gasteiger partial charge on any atom is 0.257 e. The van der Waals surface area contributed by atoms with Crippen molar-refractivity contribution in [2.24, 2.45) is 5.92 Å². The van der Waals surface area contributed by atoms with E-state index in [4.69, 9.17) is 18.9 Å². The van der Waals surface area contributed by atoms with Crippen molar-refractivity contribution in [1.82, 2.24) is 10.2 Å². The van der Waals surface area contributed by atoms with Gasteiger partial charge in [-0.2, -0.15) is 0 Å². The molecule has 7 rings (SSSR count). The molecule has 0 radical (unpaired) electrons. The van der Waals surface area contributed by atoms with E-state index in [-0.39, 0.29) is 31.3 Å². The van der Waals surface area contributed by atoms with Gasteiger partial charge in [0.15, 0.2) is 35.3 Å². The predicted octanol–water partition coefficient (Wildman–Crippen LogP) is 7.10. The third kappa shape index (κ3) is 7.73. The third-order valence-electron chi connectivity index (χ3n) is 10.3. The number of rotatable bonds is 9. The molecule has 2 N–H and O–H groups in total.